The number of benzene rings is 1. The summed E-state index contributed by atoms with van der Waals surface area (Å²) in [5.74, 6) is -0.0399. The summed E-state index contributed by atoms with van der Waals surface area (Å²) in [4.78, 5) is 28.0. The summed E-state index contributed by atoms with van der Waals surface area (Å²) in [6, 6.07) is 9.81. The molecular weight excluding hydrogens is 326 g/mol. The summed E-state index contributed by atoms with van der Waals surface area (Å²) in [5, 5.41) is 3.89. The van der Waals surface area contributed by atoms with E-state index in [9.17, 15) is 9.59 Å². The Morgan fingerprint density at radius 3 is 2.96 bits per heavy atom. The largest absolute Gasteiger partial charge is 0.357 e. The van der Waals surface area contributed by atoms with Gasteiger partial charge in [0.1, 0.15) is 5.52 Å². The van der Waals surface area contributed by atoms with Crippen molar-refractivity contribution >= 4 is 16.8 Å². The van der Waals surface area contributed by atoms with E-state index in [1.807, 2.05) is 55.6 Å². The molecule has 0 unspecified atom stereocenters. The molecule has 0 spiro atoms. The first-order valence-electron chi connectivity index (χ1n) is 8.90. The van der Waals surface area contributed by atoms with Crippen molar-refractivity contribution in [2.75, 3.05) is 0 Å². The number of hydrogen-bond acceptors (Lipinski definition) is 2. The Kier molecular flexibility index (Phi) is 4.21. The normalized spacial score (nSPS) is 14.2. The van der Waals surface area contributed by atoms with Gasteiger partial charge in [-0.15, -0.1) is 0 Å². The van der Waals surface area contributed by atoms with Crippen molar-refractivity contribution in [1.82, 2.24) is 14.9 Å². The van der Waals surface area contributed by atoms with Gasteiger partial charge in [0.15, 0.2) is 0 Å². The fourth-order valence-corrected chi connectivity index (χ4v) is 3.11. The molecule has 0 radical (unpaired) electrons. The highest BCUT2D eigenvalue weighted by Gasteiger charge is 2.24. The number of rotatable bonds is 5. The molecule has 3 aromatic rings. The van der Waals surface area contributed by atoms with E-state index < -0.39 is 0 Å². The Morgan fingerprint density at radius 2 is 2.19 bits per heavy atom. The third-order valence-electron chi connectivity index (χ3n) is 4.68. The number of aromatic nitrogens is 2. The van der Waals surface area contributed by atoms with Crippen molar-refractivity contribution < 1.29 is 4.79 Å². The molecule has 1 aromatic carbocycles. The summed E-state index contributed by atoms with van der Waals surface area (Å²) in [5.41, 5.74) is 3.04. The third-order valence-corrected chi connectivity index (χ3v) is 4.68. The Labute approximate surface area is 151 Å². The van der Waals surface area contributed by atoms with E-state index in [4.69, 9.17) is 0 Å². The second-order valence-electron chi connectivity index (χ2n) is 6.66. The molecule has 0 aliphatic heterocycles. The van der Waals surface area contributed by atoms with E-state index in [-0.39, 0.29) is 11.5 Å². The fourth-order valence-electron chi connectivity index (χ4n) is 3.11. The van der Waals surface area contributed by atoms with Gasteiger partial charge in [-0.2, -0.15) is 0 Å². The molecule has 2 N–H and O–H groups in total. The molecule has 1 amide bonds. The summed E-state index contributed by atoms with van der Waals surface area (Å²) < 4.78 is 1.69. The van der Waals surface area contributed by atoms with E-state index in [1.165, 1.54) is 0 Å². The lowest BCUT2D eigenvalue weighted by Crippen LogP contribution is -2.25. The van der Waals surface area contributed by atoms with Crippen molar-refractivity contribution in [3.63, 3.8) is 0 Å². The third kappa shape index (κ3) is 3.08. The van der Waals surface area contributed by atoms with Crippen LogP contribution < -0.4 is 10.9 Å². The Hall–Kier alpha value is -3.08. The van der Waals surface area contributed by atoms with Crippen molar-refractivity contribution in [3.05, 3.63) is 70.8 Å². The van der Waals surface area contributed by atoms with Crippen molar-refractivity contribution in [3.8, 4) is 11.1 Å². The van der Waals surface area contributed by atoms with Crippen LogP contribution in [0.25, 0.3) is 22.0 Å². The van der Waals surface area contributed by atoms with Gasteiger partial charge in [-0.05, 0) is 43.5 Å². The molecule has 132 valence electrons. The number of carbonyl (C=O) groups excluding carboxylic acids is 1. The van der Waals surface area contributed by atoms with Gasteiger partial charge in [-0.3, -0.25) is 9.59 Å². The zero-order valence-corrected chi connectivity index (χ0v) is 14.7. The summed E-state index contributed by atoms with van der Waals surface area (Å²) >= 11 is 0. The van der Waals surface area contributed by atoms with Crippen LogP contribution in [0.4, 0.5) is 0 Å². The number of H-pyrrole nitrogens is 1. The number of nitrogens with zero attached hydrogens (tertiary/aromatic N) is 1. The predicted molar refractivity (Wildman–Crippen MR) is 103 cm³/mol. The van der Waals surface area contributed by atoms with Crippen molar-refractivity contribution in [2.24, 2.45) is 0 Å². The number of amides is 1. The first-order valence-corrected chi connectivity index (χ1v) is 8.90. The molecule has 4 rings (SSSR count). The number of fused-ring (bicyclic) bond motifs is 1. The molecule has 1 aliphatic rings. The van der Waals surface area contributed by atoms with Crippen LogP contribution in [0, 0.1) is 0 Å². The second kappa shape index (κ2) is 6.67. The molecule has 1 fully saturated rings. The molecule has 1 aliphatic carbocycles. The van der Waals surface area contributed by atoms with Crippen LogP contribution in [-0.4, -0.2) is 21.5 Å². The van der Waals surface area contributed by atoms with Crippen LogP contribution in [-0.2, 0) is 6.54 Å². The van der Waals surface area contributed by atoms with Gasteiger partial charge < -0.3 is 14.9 Å². The average molecular weight is 347 g/mol. The van der Waals surface area contributed by atoms with Crippen molar-refractivity contribution in [2.45, 2.75) is 32.4 Å². The number of nitrogens with one attached hydrogen (secondary N) is 2. The van der Waals surface area contributed by atoms with Gasteiger partial charge in [0.2, 0.25) is 0 Å². The maximum atomic E-state index is 12.6. The Morgan fingerprint density at radius 1 is 1.35 bits per heavy atom. The van der Waals surface area contributed by atoms with Gasteiger partial charge in [0.05, 0.1) is 0 Å². The molecular formula is C21H21N3O2. The number of aromatic amines is 1. The smallest absolute Gasteiger partial charge is 0.275 e. The van der Waals surface area contributed by atoms with E-state index in [0.29, 0.717) is 23.7 Å². The average Bonchev–Trinajstić information content (AvgIpc) is 3.33. The maximum Gasteiger partial charge on any atom is 0.275 e. The molecule has 0 bridgehead atoms. The number of carbonyl (C=O) groups is 1. The highest BCUT2D eigenvalue weighted by Crippen LogP contribution is 2.27. The number of hydrogen-bond donors (Lipinski definition) is 2. The SMILES string of the molecule is CC=CCn1cc(-c2cccc(C(=O)NC3CC3)c2)c2cc[nH]c2c1=O. The van der Waals surface area contributed by atoms with Crippen LogP contribution in [0.2, 0.25) is 0 Å². The molecule has 0 saturated heterocycles. The highest BCUT2D eigenvalue weighted by atomic mass is 16.1. The maximum absolute atomic E-state index is 12.6. The van der Waals surface area contributed by atoms with Crippen LogP contribution in [0.1, 0.15) is 30.1 Å². The number of pyridine rings is 1. The van der Waals surface area contributed by atoms with E-state index in [2.05, 4.69) is 10.3 Å². The fraction of sp³-hybridized carbons (Fsp3) is 0.238. The van der Waals surface area contributed by atoms with E-state index in [1.54, 1.807) is 10.8 Å². The minimum absolute atomic E-state index is 0.0399. The lowest BCUT2D eigenvalue weighted by molar-refractivity contribution is 0.0951. The quantitative estimate of drug-likeness (QED) is 0.694. The molecule has 26 heavy (non-hydrogen) atoms. The topological polar surface area (TPSA) is 66.9 Å². The molecule has 2 aromatic heterocycles. The van der Waals surface area contributed by atoms with Gasteiger partial charge in [-0.1, -0.05) is 24.3 Å². The predicted octanol–water partition coefficient (Wildman–Crippen LogP) is 3.46. The highest BCUT2D eigenvalue weighted by molar-refractivity contribution is 5.98. The minimum atomic E-state index is -0.0468. The summed E-state index contributed by atoms with van der Waals surface area (Å²) in [6.45, 7) is 2.44. The van der Waals surface area contributed by atoms with Crippen LogP contribution >= 0.6 is 0 Å². The lowest BCUT2D eigenvalue weighted by atomic mass is 10.0. The van der Waals surface area contributed by atoms with Gasteiger partial charge >= 0.3 is 0 Å². The van der Waals surface area contributed by atoms with Crippen LogP contribution in [0.15, 0.2) is 59.7 Å². The zero-order chi connectivity index (χ0) is 18.1. The van der Waals surface area contributed by atoms with Crippen molar-refractivity contribution in [1.29, 1.82) is 0 Å². The summed E-state index contributed by atoms with van der Waals surface area (Å²) in [7, 11) is 0. The standard InChI is InChI=1S/C21H21N3O2/c1-2-3-11-24-13-18(17-9-10-22-19(17)21(24)26)14-5-4-6-15(12-14)20(25)23-16-7-8-16/h2-6,9-10,12-13,16,22H,7-8,11H2,1H3,(H,23,25). The monoisotopic (exact) mass is 347 g/mol. The van der Waals surface area contributed by atoms with E-state index in [0.717, 1.165) is 29.4 Å². The van der Waals surface area contributed by atoms with Gasteiger partial charge in [0.25, 0.3) is 11.5 Å². The minimum Gasteiger partial charge on any atom is -0.357 e. The molecule has 5 nitrogen and oxygen atoms in total. The number of allylic oxidation sites excluding steroid dienone is 2. The lowest BCUT2D eigenvalue weighted by Gasteiger charge is -2.11. The zero-order valence-electron chi connectivity index (χ0n) is 14.7. The first kappa shape index (κ1) is 16.4. The van der Waals surface area contributed by atoms with E-state index >= 15 is 0 Å². The van der Waals surface area contributed by atoms with Gasteiger partial charge in [0, 0.05) is 41.5 Å². The van der Waals surface area contributed by atoms with Gasteiger partial charge in [-0.25, -0.2) is 0 Å². The Balaban J connectivity index is 1.80. The van der Waals surface area contributed by atoms with Crippen LogP contribution in [0.3, 0.4) is 0 Å². The first-order chi connectivity index (χ1) is 12.7. The molecule has 2 heterocycles. The molecule has 1 saturated carbocycles. The van der Waals surface area contributed by atoms with Crippen LogP contribution in [0.5, 0.6) is 0 Å². The summed E-state index contributed by atoms with van der Waals surface area (Å²) in [6.07, 6.45) is 9.64. The molecule has 0 atom stereocenters. The Bertz CT molecular complexity index is 1050. The second-order valence-corrected chi connectivity index (χ2v) is 6.66. The molecule has 5 heteroatoms.